The van der Waals surface area contributed by atoms with Crippen LogP contribution in [0.5, 0.6) is 17.2 Å². The van der Waals surface area contributed by atoms with Gasteiger partial charge < -0.3 is 19.5 Å². The normalized spacial score (nSPS) is 10.0. The number of carbonyl (C=O) groups excluding carboxylic acids is 1. The van der Waals surface area contributed by atoms with Crippen LogP contribution in [0.1, 0.15) is 11.1 Å². The standard InChI is InChI=1S/C18H21NO4/c1-13-6-4-5-7-15(13)23-12-18(20)19-11-14-8-9-16(21-2)17(10-14)22-3/h4-10H,11-12H2,1-3H3,(H,19,20). The van der Waals surface area contributed by atoms with Crippen molar-refractivity contribution >= 4 is 5.91 Å². The molecule has 5 nitrogen and oxygen atoms in total. The van der Waals surface area contributed by atoms with Crippen LogP contribution < -0.4 is 19.5 Å². The van der Waals surface area contributed by atoms with Gasteiger partial charge in [0.1, 0.15) is 5.75 Å². The van der Waals surface area contributed by atoms with Crippen molar-refractivity contribution in [3.05, 3.63) is 53.6 Å². The molecule has 0 aliphatic carbocycles. The molecule has 2 aromatic carbocycles. The van der Waals surface area contributed by atoms with E-state index in [1.165, 1.54) is 0 Å². The Hall–Kier alpha value is -2.69. The maximum Gasteiger partial charge on any atom is 0.258 e. The summed E-state index contributed by atoms with van der Waals surface area (Å²) in [6.07, 6.45) is 0. The molecule has 0 fully saturated rings. The molecule has 2 rings (SSSR count). The molecule has 0 bridgehead atoms. The number of hydrogen-bond acceptors (Lipinski definition) is 4. The first-order valence-electron chi connectivity index (χ1n) is 7.30. The average Bonchev–Trinajstić information content (AvgIpc) is 2.58. The lowest BCUT2D eigenvalue weighted by Crippen LogP contribution is -2.28. The third-order valence-electron chi connectivity index (χ3n) is 3.39. The van der Waals surface area contributed by atoms with E-state index < -0.39 is 0 Å². The minimum absolute atomic E-state index is 0.0157. The number of methoxy groups -OCH3 is 2. The molecule has 0 unspecified atom stereocenters. The summed E-state index contributed by atoms with van der Waals surface area (Å²) in [5, 5.41) is 2.82. The molecule has 0 atom stereocenters. The first-order valence-corrected chi connectivity index (χ1v) is 7.30. The predicted octanol–water partition coefficient (Wildman–Crippen LogP) is 2.71. The van der Waals surface area contributed by atoms with E-state index in [-0.39, 0.29) is 12.5 Å². The van der Waals surface area contributed by atoms with Crippen LogP contribution in [-0.4, -0.2) is 26.7 Å². The van der Waals surface area contributed by atoms with Gasteiger partial charge in [0.05, 0.1) is 14.2 Å². The molecule has 5 heteroatoms. The average molecular weight is 315 g/mol. The van der Waals surface area contributed by atoms with Crippen molar-refractivity contribution in [2.45, 2.75) is 13.5 Å². The van der Waals surface area contributed by atoms with Gasteiger partial charge in [-0.1, -0.05) is 24.3 Å². The monoisotopic (exact) mass is 315 g/mol. The summed E-state index contributed by atoms with van der Waals surface area (Å²) in [5.74, 6) is 1.83. The number of nitrogens with one attached hydrogen (secondary N) is 1. The summed E-state index contributed by atoms with van der Waals surface area (Å²) in [4.78, 5) is 11.9. The zero-order valence-corrected chi connectivity index (χ0v) is 13.6. The summed E-state index contributed by atoms with van der Waals surface area (Å²) in [6, 6.07) is 13.1. The third kappa shape index (κ3) is 4.64. The second-order valence-corrected chi connectivity index (χ2v) is 5.02. The number of rotatable bonds is 7. The minimum atomic E-state index is -0.178. The van der Waals surface area contributed by atoms with Crippen molar-refractivity contribution in [2.75, 3.05) is 20.8 Å². The second kappa shape index (κ2) is 8.08. The smallest absolute Gasteiger partial charge is 0.258 e. The van der Waals surface area contributed by atoms with Crippen LogP contribution in [0.3, 0.4) is 0 Å². The number of aryl methyl sites for hydroxylation is 1. The van der Waals surface area contributed by atoms with Gasteiger partial charge in [0.25, 0.3) is 5.91 Å². The van der Waals surface area contributed by atoms with Gasteiger partial charge in [-0.15, -0.1) is 0 Å². The molecule has 1 N–H and O–H groups in total. The van der Waals surface area contributed by atoms with Crippen LogP contribution in [-0.2, 0) is 11.3 Å². The molecule has 2 aromatic rings. The maximum absolute atomic E-state index is 11.9. The van der Waals surface area contributed by atoms with Crippen LogP contribution in [0.4, 0.5) is 0 Å². The lowest BCUT2D eigenvalue weighted by Gasteiger charge is -2.11. The summed E-state index contributed by atoms with van der Waals surface area (Å²) < 4.78 is 15.9. The zero-order chi connectivity index (χ0) is 16.7. The number of carbonyl (C=O) groups is 1. The summed E-state index contributed by atoms with van der Waals surface area (Å²) >= 11 is 0. The fourth-order valence-corrected chi connectivity index (χ4v) is 2.10. The Morgan fingerprint density at radius 2 is 1.74 bits per heavy atom. The van der Waals surface area contributed by atoms with E-state index in [9.17, 15) is 4.79 Å². The van der Waals surface area contributed by atoms with Crippen molar-refractivity contribution in [3.8, 4) is 17.2 Å². The van der Waals surface area contributed by atoms with E-state index in [2.05, 4.69) is 5.32 Å². The van der Waals surface area contributed by atoms with E-state index >= 15 is 0 Å². The molecule has 0 aliphatic rings. The van der Waals surface area contributed by atoms with E-state index in [0.717, 1.165) is 11.1 Å². The van der Waals surface area contributed by atoms with Gasteiger partial charge >= 0.3 is 0 Å². The summed E-state index contributed by atoms with van der Waals surface area (Å²) in [7, 11) is 3.17. The molecule has 0 aliphatic heterocycles. The van der Waals surface area contributed by atoms with Gasteiger partial charge in [0.2, 0.25) is 0 Å². The van der Waals surface area contributed by atoms with E-state index in [1.807, 2.05) is 49.4 Å². The Morgan fingerprint density at radius 3 is 2.43 bits per heavy atom. The van der Waals surface area contributed by atoms with Crippen LogP contribution in [0.2, 0.25) is 0 Å². The molecule has 0 saturated carbocycles. The van der Waals surface area contributed by atoms with Crippen molar-refractivity contribution < 1.29 is 19.0 Å². The Morgan fingerprint density at radius 1 is 1.00 bits per heavy atom. The molecule has 0 aromatic heterocycles. The SMILES string of the molecule is COc1ccc(CNC(=O)COc2ccccc2C)cc1OC. The number of benzene rings is 2. The number of para-hydroxylation sites is 1. The lowest BCUT2D eigenvalue weighted by molar-refractivity contribution is -0.123. The Labute approximate surface area is 136 Å². The van der Waals surface area contributed by atoms with Crippen LogP contribution in [0, 0.1) is 6.92 Å². The first-order chi connectivity index (χ1) is 11.1. The molecule has 0 radical (unpaired) electrons. The van der Waals surface area contributed by atoms with Crippen LogP contribution in [0.15, 0.2) is 42.5 Å². The summed E-state index contributed by atoms with van der Waals surface area (Å²) in [6.45, 7) is 2.32. The number of ether oxygens (including phenoxy) is 3. The largest absolute Gasteiger partial charge is 0.493 e. The Bertz CT molecular complexity index is 670. The van der Waals surface area contributed by atoms with Gasteiger partial charge in [-0.3, -0.25) is 4.79 Å². The van der Waals surface area contributed by atoms with Crippen molar-refractivity contribution in [3.63, 3.8) is 0 Å². The molecule has 0 heterocycles. The highest BCUT2D eigenvalue weighted by Crippen LogP contribution is 2.27. The second-order valence-electron chi connectivity index (χ2n) is 5.02. The molecule has 122 valence electrons. The van der Waals surface area contributed by atoms with Gasteiger partial charge in [0, 0.05) is 6.54 Å². The minimum Gasteiger partial charge on any atom is -0.493 e. The Balaban J connectivity index is 1.86. The van der Waals surface area contributed by atoms with Gasteiger partial charge in [-0.25, -0.2) is 0 Å². The first kappa shape index (κ1) is 16.7. The van der Waals surface area contributed by atoms with Crippen molar-refractivity contribution in [1.82, 2.24) is 5.32 Å². The fraction of sp³-hybridized carbons (Fsp3) is 0.278. The van der Waals surface area contributed by atoms with Crippen molar-refractivity contribution in [1.29, 1.82) is 0 Å². The van der Waals surface area contributed by atoms with E-state index in [4.69, 9.17) is 14.2 Å². The maximum atomic E-state index is 11.9. The van der Waals surface area contributed by atoms with Crippen molar-refractivity contribution in [2.24, 2.45) is 0 Å². The van der Waals surface area contributed by atoms with Crippen LogP contribution >= 0.6 is 0 Å². The molecular formula is C18H21NO4. The molecule has 0 spiro atoms. The molecular weight excluding hydrogens is 294 g/mol. The summed E-state index contributed by atoms with van der Waals surface area (Å²) in [5.41, 5.74) is 1.92. The molecule has 1 amide bonds. The third-order valence-corrected chi connectivity index (χ3v) is 3.39. The number of amides is 1. The van der Waals surface area contributed by atoms with Crippen LogP contribution in [0.25, 0.3) is 0 Å². The number of hydrogen-bond donors (Lipinski definition) is 1. The quantitative estimate of drug-likeness (QED) is 0.853. The van der Waals surface area contributed by atoms with Gasteiger partial charge in [-0.05, 0) is 36.2 Å². The zero-order valence-electron chi connectivity index (χ0n) is 13.6. The molecule has 23 heavy (non-hydrogen) atoms. The lowest BCUT2D eigenvalue weighted by atomic mass is 10.2. The van der Waals surface area contributed by atoms with E-state index in [0.29, 0.717) is 23.8 Å². The highest BCUT2D eigenvalue weighted by molar-refractivity contribution is 5.77. The highest BCUT2D eigenvalue weighted by Gasteiger charge is 2.07. The Kier molecular flexibility index (Phi) is 5.86. The van der Waals surface area contributed by atoms with Gasteiger partial charge in [-0.2, -0.15) is 0 Å². The van der Waals surface area contributed by atoms with Gasteiger partial charge in [0.15, 0.2) is 18.1 Å². The highest BCUT2D eigenvalue weighted by atomic mass is 16.5. The molecule has 0 saturated heterocycles. The van der Waals surface area contributed by atoms with E-state index in [1.54, 1.807) is 14.2 Å². The predicted molar refractivity (Wildman–Crippen MR) is 88.1 cm³/mol. The topological polar surface area (TPSA) is 56.8 Å². The fourth-order valence-electron chi connectivity index (χ4n) is 2.10.